The molecule has 0 saturated carbocycles. The summed E-state index contributed by atoms with van der Waals surface area (Å²) in [6.07, 6.45) is -4.54. The van der Waals surface area contributed by atoms with Crippen LogP contribution in [0, 0.1) is 10.8 Å². The van der Waals surface area contributed by atoms with Crippen LogP contribution in [0.15, 0.2) is 24.7 Å². The van der Waals surface area contributed by atoms with E-state index in [1.54, 1.807) is 0 Å². The predicted molar refractivity (Wildman–Crippen MR) is 159 cm³/mol. The first-order valence-corrected chi connectivity index (χ1v) is 14.4. The Labute approximate surface area is 262 Å². The zero-order chi connectivity index (χ0) is 34.7. The van der Waals surface area contributed by atoms with Crippen LogP contribution in [0.5, 0.6) is 0 Å². The summed E-state index contributed by atoms with van der Waals surface area (Å²) in [6, 6.07) is 0. The van der Waals surface area contributed by atoms with Crippen molar-refractivity contribution in [2.75, 3.05) is 0 Å². The molecule has 0 aliphatic rings. The summed E-state index contributed by atoms with van der Waals surface area (Å²) in [5, 5.41) is 0. The van der Waals surface area contributed by atoms with Gasteiger partial charge in [0.25, 0.3) is 0 Å². The van der Waals surface area contributed by atoms with E-state index in [1.807, 2.05) is 69.2 Å². The summed E-state index contributed by atoms with van der Waals surface area (Å²) in [7, 11) is 0. The molecule has 0 rings (SSSR count). The van der Waals surface area contributed by atoms with Gasteiger partial charge in [-0.05, 0) is 92.2 Å². The molecule has 0 radical (unpaired) electrons. The predicted octanol–water partition coefficient (Wildman–Crippen LogP) is 7.00. The fourth-order valence-corrected chi connectivity index (χ4v) is 4.39. The molecule has 0 bridgehead atoms. The van der Waals surface area contributed by atoms with Gasteiger partial charge in [-0.15, -0.1) is 0 Å². The number of hydrogen-bond acceptors (Lipinski definition) is 13. The number of ether oxygens (including phenoxy) is 6. The molecule has 0 aliphatic carbocycles. The van der Waals surface area contributed by atoms with E-state index in [9.17, 15) is 14.4 Å². The monoisotopic (exact) mass is 634 g/mol. The van der Waals surface area contributed by atoms with Crippen LogP contribution in [0.2, 0.25) is 0 Å². The first-order valence-electron chi connectivity index (χ1n) is 14.4. The summed E-state index contributed by atoms with van der Waals surface area (Å²) in [5.74, 6) is -2.64. The van der Waals surface area contributed by atoms with Gasteiger partial charge in [0.15, 0.2) is 0 Å². The van der Waals surface area contributed by atoms with Crippen LogP contribution in [-0.2, 0) is 57.6 Å². The van der Waals surface area contributed by atoms with E-state index < -0.39 is 54.5 Å². The Hall–Kier alpha value is -2.87. The lowest BCUT2D eigenvalue weighted by molar-refractivity contribution is -0.332. The quantitative estimate of drug-likeness (QED) is 0.0291. The highest BCUT2D eigenvalue weighted by Gasteiger charge is 2.31. The zero-order valence-corrected chi connectivity index (χ0v) is 28.9. The molecule has 0 spiro atoms. The molecule has 0 amide bonds. The molecule has 256 valence electrons. The second-order valence-electron chi connectivity index (χ2n) is 14.0. The Balaban J connectivity index is 4.52. The summed E-state index contributed by atoms with van der Waals surface area (Å²) in [5.41, 5.74) is -1.44. The molecule has 0 fully saturated rings. The average molecular weight is 635 g/mol. The van der Waals surface area contributed by atoms with Gasteiger partial charge in [0.2, 0.25) is 36.7 Å². The van der Waals surface area contributed by atoms with Crippen molar-refractivity contribution < 1.29 is 62.4 Å². The highest BCUT2D eigenvalue weighted by Crippen LogP contribution is 2.31. The Morgan fingerprint density at radius 1 is 0.523 bits per heavy atom. The lowest BCUT2D eigenvalue weighted by Gasteiger charge is -2.30. The lowest BCUT2D eigenvalue weighted by Crippen LogP contribution is -2.32. The second-order valence-corrected chi connectivity index (χ2v) is 14.0. The minimum absolute atomic E-state index is 0.0343. The van der Waals surface area contributed by atoms with Crippen molar-refractivity contribution in [2.45, 2.75) is 146 Å². The third-order valence-electron chi connectivity index (χ3n) is 4.94. The van der Waals surface area contributed by atoms with Crippen molar-refractivity contribution in [3.8, 4) is 0 Å². The average Bonchev–Trinajstić information content (AvgIpc) is 2.77. The zero-order valence-electron chi connectivity index (χ0n) is 28.9. The normalized spacial score (nSPS) is 15.2. The smallest absolute Gasteiger partial charge is 0.430 e. The first kappa shape index (κ1) is 41.1. The van der Waals surface area contributed by atoms with Crippen LogP contribution >= 0.6 is 0 Å². The highest BCUT2D eigenvalue weighted by molar-refractivity contribution is 5.85. The fraction of sp³-hybridized carbons (Fsp3) is 0.774. The Bertz CT molecular complexity index is 896. The number of carbonyl (C=O) groups excluding carboxylic acids is 3. The van der Waals surface area contributed by atoms with Crippen LogP contribution in [-0.4, -0.2) is 54.5 Å². The van der Waals surface area contributed by atoms with Gasteiger partial charge >= 0.3 is 18.1 Å². The minimum Gasteiger partial charge on any atom is -0.430 e. The van der Waals surface area contributed by atoms with E-state index in [2.05, 4.69) is 13.2 Å². The molecule has 44 heavy (non-hydrogen) atoms. The standard InChI is InChI=1S/C31H54O13/c1-19(41-43-30(13,14)17-28(7,8)9)25(32)37-21(3)35-23(5)39-27(34)40-24(6)36-22(4)38-26(33)20(2)42-44-31(15,16)18-29(10,11)12/h21-24H,1-2,17-18H2,3-16H3. The number of hydrogen-bond donors (Lipinski definition) is 0. The molecule has 4 atom stereocenters. The van der Waals surface area contributed by atoms with E-state index in [0.29, 0.717) is 12.8 Å². The number of rotatable bonds is 18. The van der Waals surface area contributed by atoms with Gasteiger partial charge in [-0.3, -0.25) is 0 Å². The van der Waals surface area contributed by atoms with Crippen LogP contribution < -0.4 is 0 Å². The maximum absolute atomic E-state index is 12.2. The van der Waals surface area contributed by atoms with E-state index in [1.165, 1.54) is 27.7 Å². The van der Waals surface area contributed by atoms with Gasteiger partial charge in [-0.1, -0.05) is 41.5 Å². The molecule has 0 aromatic heterocycles. The van der Waals surface area contributed by atoms with E-state index in [4.69, 9.17) is 48.0 Å². The van der Waals surface area contributed by atoms with Crippen LogP contribution in [0.3, 0.4) is 0 Å². The van der Waals surface area contributed by atoms with Crippen LogP contribution in [0.4, 0.5) is 4.79 Å². The molecule has 0 N–H and O–H groups in total. The molecule has 0 aromatic rings. The van der Waals surface area contributed by atoms with Crippen molar-refractivity contribution in [2.24, 2.45) is 10.8 Å². The lowest BCUT2D eigenvalue weighted by atomic mass is 9.84. The number of carbonyl (C=O) groups is 3. The molecule has 13 nitrogen and oxygen atoms in total. The van der Waals surface area contributed by atoms with Gasteiger partial charge in [-0.25, -0.2) is 14.4 Å². The molecule has 0 aromatic carbocycles. The largest absolute Gasteiger partial charge is 0.512 e. The van der Waals surface area contributed by atoms with Crippen molar-refractivity contribution in [1.29, 1.82) is 0 Å². The molecular weight excluding hydrogens is 580 g/mol. The van der Waals surface area contributed by atoms with Gasteiger partial charge in [0.1, 0.15) is 11.2 Å². The SMILES string of the molecule is C=C(OOC(C)(C)CC(C)(C)C)C(=O)OC(C)OC(C)OC(=O)OC(C)OC(C)OC(=O)C(=C)OOC(C)(C)CC(C)(C)C. The third kappa shape index (κ3) is 20.2. The molecule has 13 heteroatoms. The van der Waals surface area contributed by atoms with Crippen molar-refractivity contribution in [3.63, 3.8) is 0 Å². The second kappa shape index (κ2) is 17.0. The van der Waals surface area contributed by atoms with Crippen molar-refractivity contribution in [3.05, 3.63) is 24.7 Å². The van der Waals surface area contributed by atoms with Gasteiger partial charge in [0.05, 0.1) is 0 Å². The molecular formula is C31H54O13. The Kier molecular flexibility index (Phi) is 15.9. The molecule has 4 unspecified atom stereocenters. The molecule has 0 saturated heterocycles. The van der Waals surface area contributed by atoms with Crippen molar-refractivity contribution in [1.82, 2.24) is 0 Å². The molecule has 0 heterocycles. The molecule has 0 aliphatic heterocycles. The summed E-state index contributed by atoms with van der Waals surface area (Å²) in [6.45, 7) is 32.1. The Morgan fingerprint density at radius 2 is 0.795 bits per heavy atom. The maximum atomic E-state index is 12.2. The third-order valence-corrected chi connectivity index (χ3v) is 4.94. The topological polar surface area (TPSA) is 144 Å². The van der Waals surface area contributed by atoms with E-state index in [-0.39, 0.29) is 22.3 Å². The fourth-order valence-electron chi connectivity index (χ4n) is 4.39. The van der Waals surface area contributed by atoms with Gasteiger partial charge in [-0.2, -0.15) is 9.78 Å². The summed E-state index contributed by atoms with van der Waals surface area (Å²) >= 11 is 0. The van der Waals surface area contributed by atoms with E-state index >= 15 is 0 Å². The highest BCUT2D eigenvalue weighted by atomic mass is 17.2. The Morgan fingerprint density at radius 3 is 1.07 bits per heavy atom. The number of esters is 2. The minimum atomic E-state index is -1.19. The first-order chi connectivity index (χ1) is 19.7. The van der Waals surface area contributed by atoms with Crippen molar-refractivity contribution >= 4 is 18.1 Å². The maximum Gasteiger partial charge on any atom is 0.512 e. The van der Waals surface area contributed by atoms with Gasteiger partial charge in [0, 0.05) is 0 Å². The van der Waals surface area contributed by atoms with Crippen LogP contribution in [0.1, 0.15) is 110 Å². The summed E-state index contributed by atoms with van der Waals surface area (Å²) in [4.78, 5) is 57.4. The van der Waals surface area contributed by atoms with Gasteiger partial charge < -0.3 is 38.2 Å². The van der Waals surface area contributed by atoms with Crippen LogP contribution in [0.25, 0.3) is 0 Å². The summed E-state index contributed by atoms with van der Waals surface area (Å²) < 4.78 is 30.8. The van der Waals surface area contributed by atoms with E-state index in [0.717, 1.165) is 0 Å².